The first-order valence-electron chi connectivity index (χ1n) is 5.94. The maximum Gasteiger partial charge on any atom is 0.213 e. The van der Waals surface area contributed by atoms with E-state index in [2.05, 4.69) is 21.0 Å². The maximum absolute atomic E-state index is 12.7. The van der Waals surface area contributed by atoms with E-state index in [0.717, 1.165) is 20.1 Å². The van der Waals surface area contributed by atoms with E-state index in [1.807, 2.05) is 36.6 Å². The summed E-state index contributed by atoms with van der Waals surface area (Å²) in [5.41, 5.74) is 1.36. The van der Waals surface area contributed by atoms with E-state index in [1.165, 1.54) is 0 Å². The largest absolute Gasteiger partial charge is 0.287 e. The molecule has 0 radical (unpaired) electrons. The van der Waals surface area contributed by atoms with E-state index in [9.17, 15) is 4.79 Å². The van der Waals surface area contributed by atoms with E-state index in [1.54, 1.807) is 22.2 Å². The molecule has 3 nitrogen and oxygen atoms in total. The second kappa shape index (κ2) is 4.90. The number of carbonyl (C=O) groups is 1. The van der Waals surface area contributed by atoms with E-state index in [4.69, 9.17) is 0 Å². The highest BCUT2D eigenvalue weighted by atomic mass is 79.9. The molecule has 0 aliphatic heterocycles. The highest BCUT2D eigenvalue weighted by Gasteiger charge is 2.20. The lowest BCUT2D eigenvalue weighted by Gasteiger charge is -2.04. The topological polar surface area (TPSA) is 34.9 Å². The molecular weight excluding hydrogens is 324 g/mol. The molecule has 0 amide bonds. The molecule has 19 heavy (non-hydrogen) atoms. The molecule has 2 aromatic heterocycles. The highest BCUT2D eigenvalue weighted by Crippen LogP contribution is 2.29. The molecule has 0 N–H and O–H groups in total. The van der Waals surface area contributed by atoms with Gasteiger partial charge in [0.25, 0.3) is 0 Å². The van der Waals surface area contributed by atoms with Crippen LogP contribution in [-0.2, 0) is 6.54 Å². The number of thiophene rings is 1. The first kappa shape index (κ1) is 12.6. The van der Waals surface area contributed by atoms with Gasteiger partial charge in [0.15, 0.2) is 0 Å². The maximum atomic E-state index is 12.7. The SMILES string of the molecule is CCn1ncc(Br)c1C(=O)c1csc2ccccc12. The van der Waals surface area contributed by atoms with Crippen LogP contribution < -0.4 is 0 Å². The van der Waals surface area contributed by atoms with Crippen LogP contribution in [0.2, 0.25) is 0 Å². The van der Waals surface area contributed by atoms with Gasteiger partial charge < -0.3 is 0 Å². The number of hydrogen-bond donors (Lipinski definition) is 0. The fourth-order valence-corrected chi connectivity index (χ4v) is 3.53. The molecule has 0 aliphatic rings. The molecule has 3 aromatic rings. The molecule has 2 heterocycles. The summed E-state index contributed by atoms with van der Waals surface area (Å²) in [7, 11) is 0. The minimum absolute atomic E-state index is 0.0173. The van der Waals surface area contributed by atoms with Crippen molar-refractivity contribution in [2.45, 2.75) is 13.5 Å². The number of ketones is 1. The molecule has 5 heteroatoms. The number of fused-ring (bicyclic) bond motifs is 1. The summed E-state index contributed by atoms with van der Waals surface area (Å²) >= 11 is 5.00. The first-order valence-corrected chi connectivity index (χ1v) is 7.62. The summed E-state index contributed by atoms with van der Waals surface area (Å²) in [4.78, 5) is 12.7. The van der Waals surface area contributed by atoms with Crippen molar-refractivity contribution in [1.29, 1.82) is 0 Å². The number of carbonyl (C=O) groups excluding carboxylic acids is 1. The van der Waals surface area contributed by atoms with Gasteiger partial charge in [-0.2, -0.15) is 5.10 Å². The van der Waals surface area contributed by atoms with Gasteiger partial charge in [-0.25, -0.2) is 0 Å². The van der Waals surface area contributed by atoms with E-state index >= 15 is 0 Å². The molecular formula is C14H11BrN2OS. The summed E-state index contributed by atoms with van der Waals surface area (Å²) in [5.74, 6) is 0.0173. The van der Waals surface area contributed by atoms with Crippen LogP contribution in [-0.4, -0.2) is 15.6 Å². The van der Waals surface area contributed by atoms with Crippen LogP contribution in [0.25, 0.3) is 10.1 Å². The van der Waals surface area contributed by atoms with Crippen LogP contribution in [0.1, 0.15) is 23.0 Å². The zero-order valence-corrected chi connectivity index (χ0v) is 12.7. The van der Waals surface area contributed by atoms with Gasteiger partial charge in [0, 0.05) is 27.6 Å². The van der Waals surface area contributed by atoms with Crippen molar-refractivity contribution < 1.29 is 4.79 Å². The molecule has 3 rings (SSSR count). The summed E-state index contributed by atoms with van der Waals surface area (Å²) < 4.78 is 3.60. The Bertz CT molecular complexity index is 760. The molecule has 0 spiro atoms. The van der Waals surface area contributed by atoms with Crippen molar-refractivity contribution >= 4 is 43.1 Å². The lowest BCUT2D eigenvalue weighted by atomic mass is 10.1. The second-order valence-electron chi connectivity index (χ2n) is 4.13. The van der Waals surface area contributed by atoms with Gasteiger partial charge >= 0.3 is 0 Å². The third kappa shape index (κ3) is 2.03. The van der Waals surface area contributed by atoms with Gasteiger partial charge in [0.2, 0.25) is 5.78 Å². The van der Waals surface area contributed by atoms with Crippen LogP contribution in [0.15, 0.2) is 40.3 Å². The summed E-state index contributed by atoms with van der Waals surface area (Å²) in [6, 6.07) is 7.96. The van der Waals surface area contributed by atoms with Gasteiger partial charge in [-0.05, 0) is 28.9 Å². The van der Waals surface area contributed by atoms with Crippen LogP contribution in [0.4, 0.5) is 0 Å². The van der Waals surface area contributed by atoms with Crippen molar-refractivity contribution in [3.05, 3.63) is 51.6 Å². The Balaban J connectivity index is 2.16. The van der Waals surface area contributed by atoms with Crippen molar-refractivity contribution in [3.8, 4) is 0 Å². The fourth-order valence-electron chi connectivity index (χ4n) is 2.11. The number of aromatic nitrogens is 2. The monoisotopic (exact) mass is 334 g/mol. The average molecular weight is 335 g/mol. The van der Waals surface area contributed by atoms with Crippen LogP contribution in [0, 0.1) is 0 Å². The van der Waals surface area contributed by atoms with Gasteiger partial charge in [-0.1, -0.05) is 18.2 Å². The minimum atomic E-state index is 0.0173. The fraction of sp³-hybridized carbons (Fsp3) is 0.143. The summed E-state index contributed by atoms with van der Waals surface area (Å²) in [6.45, 7) is 2.65. The lowest BCUT2D eigenvalue weighted by molar-refractivity contribution is 0.103. The van der Waals surface area contributed by atoms with Crippen LogP contribution in [0.3, 0.4) is 0 Å². The molecule has 1 aromatic carbocycles. The van der Waals surface area contributed by atoms with Crippen molar-refractivity contribution in [1.82, 2.24) is 9.78 Å². The quantitative estimate of drug-likeness (QED) is 0.675. The highest BCUT2D eigenvalue weighted by molar-refractivity contribution is 9.10. The number of halogens is 1. The molecule has 0 saturated carbocycles. The second-order valence-corrected chi connectivity index (χ2v) is 5.90. The predicted octanol–water partition coefficient (Wildman–Crippen LogP) is 4.11. The zero-order chi connectivity index (χ0) is 13.4. The van der Waals surface area contributed by atoms with E-state index < -0.39 is 0 Å². The van der Waals surface area contributed by atoms with Gasteiger partial charge in [0.05, 0.1) is 10.7 Å². The number of benzene rings is 1. The Labute approximate surface area is 123 Å². The lowest BCUT2D eigenvalue weighted by Crippen LogP contribution is -2.10. The molecule has 0 fully saturated rings. The molecule has 0 aliphatic carbocycles. The predicted molar refractivity (Wildman–Crippen MR) is 80.9 cm³/mol. The Morgan fingerprint density at radius 2 is 2.21 bits per heavy atom. The number of hydrogen-bond acceptors (Lipinski definition) is 3. The number of rotatable bonds is 3. The standard InChI is InChI=1S/C14H11BrN2OS/c1-2-17-13(11(15)7-16-17)14(18)10-8-19-12-6-4-3-5-9(10)12/h3-8H,2H2,1H3. The molecule has 0 bridgehead atoms. The van der Waals surface area contributed by atoms with Gasteiger partial charge in [-0.3, -0.25) is 9.48 Å². The van der Waals surface area contributed by atoms with E-state index in [-0.39, 0.29) is 5.78 Å². The first-order chi connectivity index (χ1) is 9.22. The molecule has 0 atom stereocenters. The molecule has 0 unspecified atom stereocenters. The van der Waals surface area contributed by atoms with E-state index in [0.29, 0.717) is 12.2 Å². The Morgan fingerprint density at radius 3 is 3.00 bits per heavy atom. The molecule has 96 valence electrons. The minimum Gasteiger partial charge on any atom is -0.287 e. The van der Waals surface area contributed by atoms with Gasteiger partial charge in [0.1, 0.15) is 5.69 Å². The smallest absolute Gasteiger partial charge is 0.213 e. The van der Waals surface area contributed by atoms with Crippen molar-refractivity contribution in [2.24, 2.45) is 0 Å². The van der Waals surface area contributed by atoms with Crippen molar-refractivity contribution in [2.75, 3.05) is 0 Å². The Morgan fingerprint density at radius 1 is 1.42 bits per heavy atom. The van der Waals surface area contributed by atoms with Crippen LogP contribution in [0.5, 0.6) is 0 Å². The van der Waals surface area contributed by atoms with Gasteiger partial charge in [-0.15, -0.1) is 11.3 Å². The normalized spacial score (nSPS) is 11.1. The van der Waals surface area contributed by atoms with Crippen molar-refractivity contribution in [3.63, 3.8) is 0 Å². The number of aryl methyl sites for hydroxylation is 1. The summed E-state index contributed by atoms with van der Waals surface area (Å²) in [6.07, 6.45) is 1.67. The number of nitrogens with zero attached hydrogens (tertiary/aromatic N) is 2. The van der Waals surface area contributed by atoms with Crippen LogP contribution >= 0.6 is 27.3 Å². The molecule has 0 saturated heterocycles. The zero-order valence-electron chi connectivity index (χ0n) is 10.3. The average Bonchev–Trinajstić information content (AvgIpc) is 3.01. The Kier molecular flexibility index (Phi) is 3.24. The third-order valence-electron chi connectivity index (χ3n) is 3.04. The third-order valence-corrected chi connectivity index (χ3v) is 4.58. The Hall–Kier alpha value is -1.46. The summed E-state index contributed by atoms with van der Waals surface area (Å²) in [5, 5.41) is 7.13.